The summed E-state index contributed by atoms with van der Waals surface area (Å²) in [5.74, 6) is 1.34. The van der Waals surface area contributed by atoms with Gasteiger partial charge >= 0.3 is 0 Å². The topological polar surface area (TPSA) is 46.9 Å². The molecule has 2 aliphatic rings. The molecule has 2 N–H and O–H groups in total. The van der Waals surface area contributed by atoms with Gasteiger partial charge < -0.3 is 10.4 Å². The van der Waals surface area contributed by atoms with Gasteiger partial charge in [0, 0.05) is 22.2 Å². The van der Waals surface area contributed by atoms with Crippen LogP contribution in [0.4, 0.5) is 0 Å². The van der Waals surface area contributed by atoms with Crippen molar-refractivity contribution in [2.45, 2.75) is 145 Å². The fourth-order valence-corrected chi connectivity index (χ4v) is 5.77. The van der Waals surface area contributed by atoms with Crippen molar-refractivity contribution in [1.29, 1.82) is 0 Å². The van der Waals surface area contributed by atoms with Gasteiger partial charge in [-0.25, -0.2) is 0 Å². The Morgan fingerprint density at radius 3 is 0.800 bits per heavy atom. The number of rotatable bonds is 0. The minimum absolute atomic E-state index is 0.111. The third-order valence-electron chi connectivity index (χ3n) is 7.73. The van der Waals surface area contributed by atoms with Crippen LogP contribution in [0.25, 0.3) is 0 Å². The second-order valence-corrected chi connectivity index (χ2v) is 14.8. The van der Waals surface area contributed by atoms with E-state index in [-0.39, 0.29) is 22.2 Å². The standard InChI is InChI=1S/2C13H27NO/c2*1-11(2,3)10-8-12(4,5)14(15)13(6,7)9-10/h2*10,15H,8-9H2,1-7H3. The Balaban J connectivity index is 0.000000300. The molecule has 0 amide bonds. The molecule has 0 aromatic heterocycles. The van der Waals surface area contributed by atoms with E-state index in [0.717, 1.165) is 25.7 Å². The molecule has 0 aliphatic carbocycles. The molecule has 30 heavy (non-hydrogen) atoms. The van der Waals surface area contributed by atoms with Crippen molar-refractivity contribution in [1.82, 2.24) is 10.1 Å². The summed E-state index contributed by atoms with van der Waals surface area (Å²) < 4.78 is 0. The lowest BCUT2D eigenvalue weighted by atomic mass is 9.65. The Morgan fingerprint density at radius 1 is 0.500 bits per heavy atom. The molecule has 4 heteroatoms. The van der Waals surface area contributed by atoms with Crippen molar-refractivity contribution in [3.8, 4) is 0 Å². The maximum atomic E-state index is 10.2. The van der Waals surface area contributed by atoms with Gasteiger partial charge in [-0.2, -0.15) is 10.1 Å². The molecule has 0 radical (unpaired) electrons. The lowest BCUT2D eigenvalue weighted by molar-refractivity contribution is -0.257. The van der Waals surface area contributed by atoms with Gasteiger partial charge in [0.1, 0.15) is 0 Å². The van der Waals surface area contributed by atoms with E-state index in [9.17, 15) is 10.4 Å². The van der Waals surface area contributed by atoms with Crippen LogP contribution in [-0.4, -0.2) is 42.7 Å². The summed E-state index contributed by atoms with van der Waals surface area (Å²) >= 11 is 0. The molecule has 0 saturated carbocycles. The Labute approximate surface area is 188 Å². The Hall–Kier alpha value is -0.160. The van der Waals surface area contributed by atoms with Crippen LogP contribution >= 0.6 is 0 Å². The quantitative estimate of drug-likeness (QED) is 0.424. The molecule has 180 valence electrons. The van der Waals surface area contributed by atoms with Crippen LogP contribution in [-0.2, 0) is 0 Å². The lowest BCUT2D eigenvalue weighted by Crippen LogP contribution is -2.60. The number of hydrogen-bond acceptors (Lipinski definition) is 4. The van der Waals surface area contributed by atoms with E-state index in [2.05, 4.69) is 96.9 Å². The van der Waals surface area contributed by atoms with Crippen molar-refractivity contribution < 1.29 is 10.4 Å². The van der Waals surface area contributed by atoms with Gasteiger partial charge in [-0.15, -0.1) is 0 Å². The van der Waals surface area contributed by atoms with Gasteiger partial charge in [-0.3, -0.25) is 0 Å². The zero-order chi connectivity index (χ0) is 24.1. The van der Waals surface area contributed by atoms with Crippen LogP contribution in [0.1, 0.15) is 123 Å². The first-order valence-electron chi connectivity index (χ1n) is 11.9. The second kappa shape index (κ2) is 8.32. The van der Waals surface area contributed by atoms with Crippen molar-refractivity contribution in [3.05, 3.63) is 0 Å². The van der Waals surface area contributed by atoms with E-state index in [1.54, 1.807) is 10.1 Å². The van der Waals surface area contributed by atoms with E-state index in [1.165, 1.54) is 0 Å². The summed E-state index contributed by atoms with van der Waals surface area (Å²) in [7, 11) is 0. The Morgan fingerprint density at radius 2 is 0.667 bits per heavy atom. The van der Waals surface area contributed by atoms with E-state index in [1.807, 2.05) is 0 Å². The van der Waals surface area contributed by atoms with Crippen LogP contribution in [0.15, 0.2) is 0 Å². The molecule has 0 spiro atoms. The highest BCUT2D eigenvalue weighted by Crippen LogP contribution is 2.47. The zero-order valence-electron chi connectivity index (χ0n) is 22.8. The summed E-state index contributed by atoms with van der Waals surface area (Å²) in [5, 5.41) is 23.5. The number of hydrogen-bond donors (Lipinski definition) is 2. The number of piperidine rings is 2. The summed E-state index contributed by atoms with van der Waals surface area (Å²) in [6, 6.07) is 0. The third-order valence-corrected chi connectivity index (χ3v) is 7.73. The van der Waals surface area contributed by atoms with Crippen molar-refractivity contribution >= 4 is 0 Å². The lowest BCUT2D eigenvalue weighted by Gasteiger charge is -2.54. The highest BCUT2D eigenvalue weighted by Gasteiger charge is 2.48. The Kier molecular flexibility index (Phi) is 7.73. The average Bonchev–Trinajstić information content (AvgIpc) is 2.48. The highest BCUT2D eigenvalue weighted by molar-refractivity contribution is 4.99. The molecule has 2 heterocycles. The molecular weight excluding hydrogens is 372 g/mol. The van der Waals surface area contributed by atoms with Crippen molar-refractivity contribution in [2.24, 2.45) is 22.7 Å². The zero-order valence-corrected chi connectivity index (χ0v) is 22.8. The van der Waals surface area contributed by atoms with E-state index in [0.29, 0.717) is 22.7 Å². The maximum Gasteiger partial charge on any atom is 0.0413 e. The SMILES string of the molecule is CC(C)(C)C1CC(C)(C)N(O)C(C)(C)C1.CC(C)(C)C1CC(C)(C)N(O)C(C)(C)C1. The highest BCUT2D eigenvalue weighted by atomic mass is 16.5. The molecule has 0 atom stereocenters. The van der Waals surface area contributed by atoms with Crippen molar-refractivity contribution in [2.75, 3.05) is 0 Å². The van der Waals surface area contributed by atoms with Gasteiger partial charge in [0.05, 0.1) is 0 Å². The minimum atomic E-state index is -0.111. The summed E-state index contributed by atoms with van der Waals surface area (Å²) in [4.78, 5) is 0. The third kappa shape index (κ3) is 6.43. The van der Waals surface area contributed by atoms with Crippen LogP contribution in [0.2, 0.25) is 0 Å². The number of nitrogens with zero attached hydrogens (tertiary/aromatic N) is 2. The molecule has 2 aliphatic heterocycles. The van der Waals surface area contributed by atoms with Crippen LogP contribution in [0.3, 0.4) is 0 Å². The Bertz CT molecular complexity index is 491. The molecular formula is C26H54N2O2. The molecule has 2 rings (SSSR count). The first kappa shape index (κ1) is 27.9. The van der Waals surface area contributed by atoms with E-state index >= 15 is 0 Å². The molecule has 4 nitrogen and oxygen atoms in total. The first-order valence-corrected chi connectivity index (χ1v) is 11.9. The normalized spacial score (nSPS) is 28.0. The molecule has 0 bridgehead atoms. The van der Waals surface area contributed by atoms with Crippen LogP contribution in [0.5, 0.6) is 0 Å². The van der Waals surface area contributed by atoms with Gasteiger partial charge in [-0.1, -0.05) is 41.5 Å². The fourth-order valence-electron chi connectivity index (χ4n) is 5.77. The second-order valence-electron chi connectivity index (χ2n) is 14.8. The largest absolute Gasteiger partial charge is 0.313 e. The molecule has 2 saturated heterocycles. The summed E-state index contributed by atoms with van der Waals surface area (Å²) in [6.45, 7) is 30.9. The molecule has 0 aromatic rings. The average molecular weight is 427 g/mol. The van der Waals surface area contributed by atoms with Gasteiger partial charge in [0.15, 0.2) is 0 Å². The molecule has 0 unspecified atom stereocenters. The summed E-state index contributed by atoms with van der Waals surface area (Å²) in [6.07, 6.45) is 4.26. The minimum Gasteiger partial charge on any atom is -0.313 e. The van der Waals surface area contributed by atoms with Crippen LogP contribution in [0, 0.1) is 22.7 Å². The predicted molar refractivity (Wildman–Crippen MR) is 128 cm³/mol. The van der Waals surface area contributed by atoms with E-state index in [4.69, 9.17) is 0 Å². The van der Waals surface area contributed by atoms with Gasteiger partial charge in [0.25, 0.3) is 0 Å². The maximum absolute atomic E-state index is 10.2. The van der Waals surface area contributed by atoms with Gasteiger partial charge in [-0.05, 0) is 104 Å². The first-order chi connectivity index (χ1) is 12.9. The van der Waals surface area contributed by atoms with Gasteiger partial charge in [0.2, 0.25) is 0 Å². The predicted octanol–water partition coefficient (Wildman–Crippen LogP) is 7.38. The molecule has 2 fully saturated rings. The van der Waals surface area contributed by atoms with Crippen LogP contribution < -0.4 is 0 Å². The number of hydroxylamine groups is 4. The monoisotopic (exact) mass is 426 g/mol. The van der Waals surface area contributed by atoms with E-state index < -0.39 is 0 Å². The smallest absolute Gasteiger partial charge is 0.0413 e. The van der Waals surface area contributed by atoms with Crippen molar-refractivity contribution in [3.63, 3.8) is 0 Å². The summed E-state index contributed by atoms with van der Waals surface area (Å²) in [5.41, 5.74) is 0.213. The molecule has 0 aromatic carbocycles. The fraction of sp³-hybridized carbons (Fsp3) is 1.00.